The number of aliphatic hydroxyl groups is 1. The quantitative estimate of drug-likeness (QED) is 0.753. The van der Waals surface area contributed by atoms with Crippen LogP contribution in [0.2, 0.25) is 0 Å². The largest absolute Gasteiger partial charge is 0.454 e. The van der Waals surface area contributed by atoms with Gasteiger partial charge in [0.1, 0.15) is 0 Å². The summed E-state index contributed by atoms with van der Waals surface area (Å²) in [4.78, 5) is 2.29. The Balaban J connectivity index is 1.78. The zero-order chi connectivity index (χ0) is 12.8. The highest BCUT2D eigenvalue weighted by atomic mass is 16.7. The van der Waals surface area contributed by atoms with Crippen LogP contribution in [-0.2, 0) is 6.54 Å². The molecule has 0 amide bonds. The Bertz CT molecular complexity index is 381. The first kappa shape index (κ1) is 13.2. The van der Waals surface area contributed by atoms with Gasteiger partial charge in [-0.2, -0.15) is 0 Å². The normalized spacial score (nSPS) is 13.3. The first-order valence-corrected chi connectivity index (χ1v) is 6.47. The second-order valence-electron chi connectivity index (χ2n) is 4.71. The SMILES string of the molecule is CN(CCCCCO)Cc1ccc2c(c1)OCO2. The van der Waals surface area contributed by atoms with Gasteiger partial charge in [0.15, 0.2) is 11.5 Å². The lowest BCUT2D eigenvalue weighted by Gasteiger charge is -2.16. The van der Waals surface area contributed by atoms with Crippen molar-refractivity contribution in [2.45, 2.75) is 25.8 Å². The molecule has 100 valence electrons. The van der Waals surface area contributed by atoms with Crippen molar-refractivity contribution in [3.05, 3.63) is 23.8 Å². The number of unbranched alkanes of at least 4 members (excludes halogenated alkanes) is 2. The number of nitrogens with zero attached hydrogens (tertiary/aromatic N) is 1. The molecular weight excluding hydrogens is 230 g/mol. The van der Waals surface area contributed by atoms with Gasteiger partial charge in [-0.25, -0.2) is 0 Å². The Morgan fingerprint density at radius 2 is 2.00 bits per heavy atom. The van der Waals surface area contributed by atoms with Crippen LogP contribution in [-0.4, -0.2) is 37.0 Å². The van der Waals surface area contributed by atoms with E-state index in [9.17, 15) is 0 Å². The molecule has 0 saturated carbocycles. The predicted molar refractivity (Wildman–Crippen MR) is 69.8 cm³/mol. The van der Waals surface area contributed by atoms with Crippen molar-refractivity contribution < 1.29 is 14.6 Å². The van der Waals surface area contributed by atoms with Crippen molar-refractivity contribution in [1.82, 2.24) is 4.90 Å². The topological polar surface area (TPSA) is 41.9 Å². The van der Waals surface area contributed by atoms with Crippen LogP contribution in [0.15, 0.2) is 18.2 Å². The molecule has 1 aromatic carbocycles. The highest BCUT2D eigenvalue weighted by molar-refractivity contribution is 5.44. The Morgan fingerprint density at radius 3 is 2.83 bits per heavy atom. The maximum Gasteiger partial charge on any atom is 0.231 e. The van der Waals surface area contributed by atoms with Crippen LogP contribution in [0.25, 0.3) is 0 Å². The second-order valence-corrected chi connectivity index (χ2v) is 4.71. The van der Waals surface area contributed by atoms with E-state index in [2.05, 4.69) is 18.0 Å². The number of hydrogen-bond acceptors (Lipinski definition) is 4. The lowest BCUT2D eigenvalue weighted by atomic mass is 10.2. The van der Waals surface area contributed by atoms with Crippen LogP contribution in [0.4, 0.5) is 0 Å². The molecule has 1 aliphatic heterocycles. The molecule has 0 radical (unpaired) electrons. The number of rotatable bonds is 7. The highest BCUT2D eigenvalue weighted by Crippen LogP contribution is 2.32. The van der Waals surface area contributed by atoms with E-state index < -0.39 is 0 Å². The Kier molecular flexibility index (Phi) is 4.84. The fourth-order valence-electron chi connectivity index (χ4n) is 2.10. The molecule has 0 atom stereocenters. The van der Waals surface area contributed by atoms with Crippen LogP contribution >= 0.6 is 0 Å². The summed E-state index contributed by atoms with van der Waals surface area (Å²) in [5, 5.41) is 8.72. The van der Waals surface area contributed by atoms with Gasteiger partial charge in [-0.1, -0.05) is 6.07 Å². The molecule has 0 unspecified atom stereocenters. The van der Waals surface area contributed by atoms with Crippen LogP contribution in [0.3, 0.4) is 0 Å². The minimum atomic E-state index is 0.297. The smallest absolute Gasteiger partial charge is 0.231 e. The monoisotopic (exact) mass is 251 g/mol. The van der Waals surface area contributed by atoms with E-state index in [0.29, 0.717) is 13.4 Å². The molecule has 18 heavy (non-hydrogen) atoms. The van der Waals surface area contributed by atoms with Crippen molar-refractivity contribution in [1.29, 1.82) is 0 Å². The molecule has 0 aliphatic carbocycles. The third-order valence-corrected chi connectivity index (χ3v) is 3.09. The average Bonchev–Trinajstić information content (AvgIpc) is 2.82. The Morgan fingerprint density at radius 1 is 1.17 bits per heavy atom. The summed E-state index contributed by atoms with van der Waals surface area (Å²) < 4.78 is 10.7. The van der Waals surface area contributed by atoms with Crippen LogP contribution < -0.4 is 9.47 Å². The van der Waals surface area contributed by atoms with Gasteiger partial charge in [-0.05, 0) is 50.6 Å². The minimum Gasteiger partial charge on any atom is -0.454 e. The number of aliphatic hydroxyl groups excluding tert-OH is 1. The number of benzene rings is 1. The van der Waals surface area contributed by atoms with E-state index >= 15 is 0 Å². The predicted octanol–water partition coefficient (Wildman–Crippen LogP) is 2.01. The fraction of sp³-hybridized carbons (Fsp3) is 0.571. The molecule has 1 aliphatic rings. The summed E-state index contributed by atoms with van der Waals surface area (Å²) in [7, 11) is 2.11. The molecule has 4 heteroatoms. The molecule has 2 rings (SSSR count). The first-order valence-electron chi connectivity index (χ1n) is 6.47. The van der Waals surface area contributed by atoms with Gasteiger partial charge in [-0.3, -0.25) is 0 Å². The lowest BCUT2D eigenvalue weighted by molar-refractivity contribution is 0.174. The van der Waals surface area contributed by atoms with E-state index in [1.54, 1.807) is 0 Å². The third-order valence-electron chi connectivity index (χ3n) is 3.09. The first-order chi connectivity index (χ1) is 8.79. The van der Waals surface area contributed by atoms with Crippen LogP contribution in [0.1, 0.15) is 24.8 Å². The average molecular weight is 251 g/mol. The summed E-state index contributed by atoms with van der Waals surface area (Å²) in [6.45, 7) is 2.59. The van der Waals surface area contributed by atoms with Gasteiger partial charge in [0.2, 0.25) is 6.79 Å². The Labute approximate surface area is 108 Å². The molecular formula is C14H21NO3. The van der Waals surface area contributed by atoms with Crippen molar-refractivity contribution in [2.75, 3.05) is 27.0 Å². The molecule has 1 aromatic rings. The fourth-order valence-corrected chi connectivity index (χ4v) is 2.10. The zero-order valence-electron chi connectivity index (χ0n) is 10.9. The lowest BCUT2D eigenvalue weighted by Crippen LogP contribution is -2.19. The molecule has 0 fully saturated rings. The Hall–Kier alpha value is -1.26. The highest BCUT2D eigenvalue weighted by Gasteiger charge is 2.13. The number of hydrogen-bond donors (Lipinski definition) is 1. The van der Waals surface area contributed by atoms with Crippen molar-refractivity contribution in [3.63, 3.8) is 0 Å². The van der Waals surface area contributed by atoms with Crippen molar-refractivity contribution in [3.8, 4) is 11.5 Å². The van der Waals surface area contributed by atoms with Crippen molar-refractivity contribution >= 4 is 0 Å². The number of fused-ring (bicyclic) bond motifs is 1. The molecule has 0 spiro atoms. The van der Waals surface area contributed by atoms with Gasteiger partial charge in [-0.15, -0.1) is 0 Å². The van der Waals surface area contributed by atoms with Gasteiger partial charge in [0.05, 0.1) is 0 Å². The van der Waals surface area contributed by atoms with E-state index in [1.807, 2.05) is 12.1 Å². The molecule has 0 saturated heterocycles. The molecule has 1 heterocycles. The summed E-state index contributed by atoms with van der Waals surface area (Å²) in [5.41, 5.74) is 1.24. The maximum absolute atomic E-state index is 8.72. The number of ether oxygens (including phenoxy) is 2. The molecule has 4 nitrogen and oxygen atoms in total. The third kappa shape index (κ3) is 3.62. The summed E-state index contributed by atoms with van der Waals surface area (Å²) in [5.74, 6) is 1.69. The standard InChI is InChI=1S/C14H21NO3/c1-15(7-3-2-4-8-16)10-12-5-6-13-14(9-12)18-11-17-13/h5-6,9,16H,2-4,7-8,10-11H2,1H3. The van der Waals surface area contributed by atoms with Crippen LogP contribution in [0, 0.1) is 0 Å². The molecule has 0 bridgehead atoms. The van der Waals surface area contributed by atoms with Gasteiger partial charge >= 0.3 is 0 Å². The van der Waals surface area contributed by atoms with E-state index in [-0.39, 0.29) is 0 Å². The van der Waals surface area contributed by atoms with E-state index in [4.69, 9.17) is 14.6 Å². The zero-order valence-corrected chi connectivity index (χ0v) is 10.9. The second kappa shape index (κ2) is 6.61. The summed E-state index contributed by atoms with van der Waals surface area (Å²) in [6, 6.07) is 6.10. The minimum absolute atomic E-state index is 0.297. The summed E-state index contributed by atoms with van der Waals surface area (Å²) >= 11 is 0. The molecule has 0 aromatic heterocycles. The van der Waals surface area contributed by atoms with Gasteiger partial charge < -0.3 is 19.5 Å². The van der Waals surface area contributed by atoms with Gasteiger partial charge in [0, 0.05) is 13.2 Å². The summed E-state index contributed by atoms with van der Waals surface area (Å²) in [6.07, 6.45) is 3.11. The van der Waals surface area contributed by atoms with Crippen molar-refractivity contribution in [2.24, 2.45) is 0 Å². The maximum atomic E-state index is 8.72. The van der Waals surface area contributed by atoms with Crippen LogP contribution in [0.5, 0.6) is 11.5 Å². The van der Waals surface area contributed by atoms with Gasteiger partial charge in [0.25, 0.3) is 0 Å². The van der Waals surface area contributed by atoms with E-state index in [0.717, 1.165) is 43.9 Å². The molecule has 1 N–H and O–H groups in total. The van der Waals surface area contributed by atoms with E-state index in [1.165, 1.54) is 5.56 Å².